The van der Waals surface area contributed by atoms with E-state index in [9.17, 15) is 0 Å². The number of halogens is 1. The molecule has 3 N–H and O–H groups in total. The number of anilines is 1. The van der Waals surface area contributed by atoms with E-state index < -0.39 is 0 Å². The van der Waals surface area contributed by atoms with Crippen LogP contribution in [0.4, 0.5) is 5.82 Å². The molecule has 0 aliphatic rings. The average molecular weight is 283 g/mol. The van der Waals surface area contributed by atoms with Crippen LogP contribution in [0.1, 0.15) is 26.5 Å². The Hall–Kier alpha value is -1.17. The number of hydrogen-bond donors (Lipinski definition) is 2. The largest absolute Gasteiger partial charge is 0.308 e. The zero-order valence-electron chi connectivity index (χ0n) is 10.5. The Morgan fingerprint density at radius 3 is 2.50 bits per heavy atom. The van der Waals surface area contributed by atoms with Crippen LogP contribution in [0.15, 0.2) is 18.2 Å². The molecular formula is C12H15ClN4S. The first kappa shape index (κ1) is 13.3. The number of nitrogen functional groups attached to an aromatic ring is 1. The van der Waals surface area contributed by atoms with Crippen molar-refractivity contribution in [2.45, 2.75) is 26.2 Å². The van der Waals surface area contributed by atoms with E-state index in [1.54, 1.807) is 0 Å². The molecule has 0 aliphatic carbocycles. The summed E-state index contributed by atoms with van der Waals surface area (Å²) in [5.41, 5.74) is 3.45. The van der Waals surface area contributed by atoms with Gasteiger partial charge in [0.25, 0.3) is 0 Å². The molecule has 0 aromatic carbocycles. The van der Waals surface area contributed by atoms with Crippen LogP contribution in [-0.2, 0) is 5.41 Å². The lowest BCUT2D eigenvalue weighted by Crippen LogP contribution is -2.17. The molecule has 6 heteroatoms. The fourth-order valence-electron chi connectivity index (χ4n) is 1.45. The fourth-order valence-corrected chi connectivity index (χ4v) is 2.43. The number of hydrazine groups is 1. The van der Waals surface area contributed by atoms with Crippen LogP contribution in [0, 0.1) is 0 Å². The van der Waals surface area contributed by atoms with Crippen LogP contribution in [-0.4, -0.2) is 9.97 Å². The molecule has 4 nitrogen and oxygen atoms in total. The van der Waals surface area contributed by atoms with Gasteiger partial charge >= 0.3 is 0 Å². The highest BCUT2D eigenvalue weighted by atomic mass is 35.5. The van der Waals surface area contributed by atoms with Crippen molar-refractivity contribution >= 4 is 28.8 Å². The van der Waals surface area contributed by atoms with Crippen molar-refractivity contribution in [3.8, 4) is 10.7 Å². The van der Waals surface area contributed by atoms with Gasteiger partial charge in [0.1, 0.15) is 5.82 Å². The topological polar surface area (TPSA) is 63.8 Å². The Morgan fingerprint density at radius 2 is 2.00 bits per heavy atom. The summed E-state index contributed by atoms with van der Waals surface area (Å²) in [6, 6.07) is 5.61. The first-order valence-corrected chi connectivity index (χ1v) is 6.71. The maximum Gasteiger partial charge on any atom is 0.171 e. The molecule has 0 saturated carbocycles. The summed E-state index contributed by atoms with van der Waals surface area (Å²) in [6.45, 7) is 6.29. The molecule has 2 aromatic rings. The van der Waals surface area contributed by atoms with Crippen LogP contribution in [0.3, 0.4) is 0 Å². The Kier molecular flexibility index (Phi) is 3.56. The lowest BCUT2D eigenvalue weighted by atomic mass is 9.92. The van der Waals surface area contributed by atoms with Crippen molar-refractivity contribution in [1.29, 1.82) is 0 Å². The van der Waals surface area contributed by atoms with Crippen molar-refractivity contribution in [3.05, 3.63) is 28.2 Å². The number of rotatable bonds is 2. The molecular weight excluding hydrogens is 268 g/mol. The second-order valence-electron chi connectivity index (χ2n) is 4.96. The summed E-state index contributed by atoms with van der Waals surface area (Å²) in [5.74, 6) is 6.70. The van der Waals surface area contributed by atoms with E-state index in [-0.39, 0.29) is 5.41 Å². The lowest BCUT2D eigenvalue weighted by Gasteiger charge is -2.19. The minimum absolute atomic E-state index is 0.0651. The number of hydrogen-bond acceptors (Lipinski definition) is 5. The van der Waals surface area contributed by atoms with Crippen LogP contribution in [0.5, 0.6) is 0 Å². The van der Waals surface area contributed by atoms with Gasteiger partial charge in [0.15, 0.2) is 5.82 Å². The molecule has 0 radical (unpaired) electrons. The smallest absolute Gasteiger partial charge is 0.171 e. The van der Waals surface area contributed by atoms with Crippen molar-refractivity contribution in [2.24, 2.45) is 5.84 Å². The van der Waals surface area contributed by atoms with Crippen LogP contribution < -0.4 is 11.3 Å². The highest BCUT2D eigenvalue weighted by Crippen LogP contribution is 2.31. The first-order chi connectivity index (χ1) is 8.40. The molecule has 96 valence electrons. The van der Waals surface area contributed by atoms with E-state index in [4.69, 9.17) is 17.4 Å². The molecule has 2 heterocycles. The summed E-state index contributed by atoms with van der Waals surface area (Å²) in [7, 11) is 0. The fraction of sp³-hybridized carbons (Fsp3) is 0.333. The molecule has 0 spiro atoms. The molecule has 2 aromatic heterocycles. The normalized spacial score (nSPS) is 11.6. The summed E-state index contributed by atoms with van der Waals surface area (Å²) in [5, 5.41) is 0. The summed E-state index contributed by atoms with van der Waals surface area (Å²) < 4.78 is 0.719. The third-order valence-corrected chi connectivity index (χ3v) is 3.66. The first-order valence-electron chi connectivity index (χ1n) is 5.52. The molecule has 0 aliphatic heterocycles. The molecule has 2 rings (SSSR count). The number of nitrogens with zero attached hydrogens (tertiary/aromatic N) is 2. The second-order valence-corrected chi connectivity index (χ2v) is 6.68. The number of aromatic nitrogens is 2. The molecule has 0 unspecified atom stereocenters. The minimum atomic E-state index is -0.0651. The third-order valence-electron chi connectivity index (χ3n) is 2.44. The molecule has 0 atom stereocenters. The van der Waals surface area contributed by atoms with Gasteiger partial charge in [-0.1, -0.05) is 32.4 Å². The van der Waals surface area contributed by atoms with Gasteiger partial charge < -0.3 is 5.43 Å². The van der Waals surface area contributed by atoms with Crippen molar-refractivity contribution < 1.29 is 0 Å². The highest BCUT2D eigenvalue weighted by molar-refractivity contribution is 7.19. The second kappa shape index (κ2) is 4.84. The summed E-state index contributed by atoms with van der Waals surface area (Å²) in [4.78, 5) is 9.87. The Balaban J connectivity index is 2.54. The Morgan fingerprint density at radius 1 is 1.28 bits per heavy atom. The molecule has 18 heavy (non-hydrogen) atoms. The van der Waals surface area contributed by atoms with Gasteiger partial charge in [-0.25, -0.2) is 15.8 Å². The van der Waals surface area contributed by atoms with E-state index in [0.29, 0.717) is 11.6 Å². The van der Waals surface area contributed by atoms with Crippen LogP contribution in [0.25, 0.3) is 10.7 Å². The van der Waals surface area contributed by atoms with Crippen LogP contribution in [0.2, 0.25) is 4.34 Å². The highest BCUT2D eigenvalue weighted by Gasteiger charge is 2.18. The third kappa shape index (κ3) is 2.80. The maximum absolute atomic E-state index is 5.94. The van der Waals surface area contributed by atoms with Gasteiger partial charge in [0, 0.05) is 11.5 Å². The summed E-state index contributed by atoms with van der Waals surface area (Å²) >= 11 is 7.39. The monoisotopic (exact) mass is 282 g/mol. The van der Waals surface area contributed by atoms with Crippen molar-refractivity contribution in [3.63, 3.8) is 0 Å². The van der Waals surface area contributed by atoms with Crippen LogP contribution >= 0.6 is 22.9 Å². The molecule has 0 saturated heterocycles. The van der Waals surface area contributed by atoms with Gasteiger partial charge in [-0.3, -0.25) is 0 Å². The van der Waals surface area contributed by atoms with E-state index in [2.05, 4.69) is 36.2 Å². The number of thiophene rings is 1. The number of nitrogens with one attached hydrogen (secondary N) is 1. The van der Waals surface area contributed by atoms with Gasteiger partial charge in [-0.15, -0.1) is 11.3 Å². The Bertz CT molecular complexity index is 559. The molecule has 0 amide bonds. The predicted molar refractivity (Wildman–Crippen MR) is 76.9 cm³/mol. The van der Waals surface area contributed by atoms with E-state index in [0.717, 1.165) is 14.9 Å². The number of nitrogens with two attached hydrogens (primary N) is 1. The van der Waals surface area contributed by atoms with Gasteiger partial charge in [-0.2, -0.15) is 0 Å². The minimum Gasteiger partial charge on any atom is -0.308 e. The predicted octanol–water partition coefficient (Wildman–Crippen LogP) is 3.44. The Labute approximate surface area is 115 Å². The van der Waals surface area contributed by atoms with Gasteiger partial charge in [0.2, 0.25) is 0 Å². The lowest BCUT2D eigenvalue weighted by molar-refractivity contribution is 0.568. The van der Waals surface area contributed by atoms with Gasteiger partial charge in [-0.05, 0) is 12.1 Å². The summed E-state index contributed by atoms with van der Waals surface area (Å²) in [6.07, 6.45) is 0. The zero-order chi connectivity index (χ0) is 13.3. The van der Waals surface area contributed by atoms with Crippen molar-refractivity contribution in [2.75, 3.05) is 5.43 Å². The van der Waals surface area contributed by atoms with E-state index >= 15 is 0 Å². The van der Waals surface area contributed by atoms with Crippen molar-refractivity contribution in [1.82, 2.24) is 9.97 Å². The standard InChI is InChI=1S/C12H15ClN4S/c1-12(2,3)8-6-10(17-14)16-11(15-8)7-4-5-9(13)18-7/h4-6H,14H2,1-3H3,(H,15,16,17). The maximum atomic E-state index is 5.94. The molecule has 0 fully saturated rings. The zero-order valence-corrected chi connectivity index (χ0v) is 12.1. The van der Waals surface area contributed by atoms with Gasteiger partial charge in [0.05, 0.1) is 14.9 Å². The quantitative estimate of drug-likeness (QED) is 0.654. The SMILES string of the molecule is CC(C)(C)c1cc(NN)nc(-c2ccc(Cl)s2)n1. The molecule has 0 bridgehead atoms. The van der Waals surface area contributed by atoms with E-state index in [1.807, 2.05) is 18.2 Å². The van der Waals surface area contributed by atoms with E-state index in [1.165, 1.54) is 11.3 Å². The average Bonchev–Trinajstić information content (AvgIpc) is 2.74.